The van der Waals surface area contributed by atoms with Crippen LogP contribution in [0.1, 0.15) is 24.9 Å². The topological polar surface area (TPSA) is 73.0 Å². The van der Waals surface area contributed by atoms with Crippen molar-refractivity contribution in [2.45, 2.75) is 19.4 Å². The number of piperazine rings is 1. The summed E-state index contributed by atoms with van der Waals surface area (Å²) in [6.07, 6.45) is 0.260. The summed E-state index contributed by atoms with van der Waals surface area (Å²) in [6, 6.07) is 17.0. The summed E-state index contributed by atoms with van der Waals surface area (Å²) >= 11 is 6.10. The van der Waals surface area contributed by atoms with E-state index < -0.39 is 0 Å². The molecule has 2 fully saturated rings. The SMILES string of the molecule is C[C@@H](c1ccccc1)N1C[C@@H](C(=O)N2CCN(CC(=O)Nc3ccccc3Cl)CC2)CC1=O. The quantitative estimate of drug-likeness (QED) is 0.707. The van der Waals surface area contributed by atoms with Crippen molar-refractivity contribution in [1.82, 2.24) is 14.7 Å². The second kappa shape index (κ2) is 10.4. The number of carbonyl (C=O) groups excluding carboxylic acids is 3. The Bertz CT molecular complexity index is 1010. The lowest BCUT2D eigenvalue weighted by atomic mass is 10.1. The van der Waals surface area contributed by atoms with Gasteiger partial charge in [-0.05, 0) is 24.6 Å². The van der Waals surface area contributed by atoms with E-state index >= 15 is 0 Å². The highest BCUT2D eigenvalue weighted by Gasteiger charge is 2.39. The van der Waals surface area contributed by atoms with E-state index in [0.29, 0.717) is 43.4 Å². The van der Waals surface area contributed by atoms with Crippen LogP contribution < -0.4 is 5.32 Å². The van der Waals surface area contributed by atoms with E-state index in [2.05, 4.69) is 5.32 Å². The molecule has 1 N–H and O–H groups in total. The van der Waals surface area contributed by atoms with Crippen LogP contribution in [0.25, 0.3) is 0 Å². The van der Waals surface area contributed by atoms with Crippen LogP contribution >= 0.6 is 11.6 Å². The highest BCUT2D eigenvalue weighted by molar-refractivity contribution is 6.33. The Morgan fingerprint density at radius 2 is 1.70 bits per heavy atom. The molecule has 2 atom stereocenters. The monoisotopic (exact) mass is 468 g/mol. The second-order valence-electron chi connectivity index (χ2n) is 8.66. The Balaban J connectivity index is 1.26. The molecule has 8 heteroatoms. The van der Waals surface area contributed by atoms with E-state index in [1.807, 2.05) is 64.1 Å². The average Bonchev–Trinajstić information content (AvgIpc) is 3.22. The van der Waals surface area contributed by atoms with E-state index in [1.165, 1.54) is 0 Å². The molecule has 33 heavy (non-hydrogen) atoms. The first-order chi connectivity index (χ1) is 15.9. The first-order valence-electron chi connectivity index (χ1n) is 11.3. The van der Waals surface area contributed by atoms with Crippen molar-refractivity contribution >= 4 is 35.0 Å². The van der Waals surface area contributed by atoms with Gasteiger partial charge in [-0.1, -0.05) is 54.1 Å². The van der Waals surface area contributed by atoms with Crippen molar-refractivity contribution in [2.75, 3.05) is 44.6 Å². The number of benzene rings is 2. The van der Waals surface area contributed by atoms with Gasteiger partial charge in [0.05, 0.1) is 29.2 Å². The van der Waals surface area contributed by atoms with Gasteiger partial charge in [-0.15, -0.1) is 0 Å². The number of rotatable bonds is 6. The van der Waals surface area contributed by atoms with E-state index in [9.17, 15) is 14.4 Å². The molecule has 2 aromatic rings. The van der Waals surface area contributed by atoms with Gasteiger partial charge >= 0.3 is 0 Å². The lowest BCUT2D eigenvalue weighted by Crippen LogP contribution is -2.52. The van der Waals surface area contributed by atoms with E-state index in [0.717, 1.165) is 5.56 Å². The number of nitrogens with zero attached hydrogens (tertiary/aromatic N) is 3. The Labute approximate surface area is 199 Å². The number of hydrogen-bond donors (Lipinski definition) is 1. The summed E-state index contributed by atoms with van der Waals surface area (Å²) in [5, 5.41) is 3.34. The highest BCUT2D eigenvalue weighted by Crippen LogP contribution is 2.29. The normalized spacial score (nSPS) is 20.1. The number of anilines is 1. The van der Waals surface area contributed by atoms with Crippen molar-refractivity contribution in [3.63, 3.8) is 0 Å². The van der Waals surface area contributed by atoms with Crippen LogP contribution in [0.4, 0.5) is 5.69 Å². The highest BCUT2D eigenvalue weighted by atomic mass is 35.5. The van der Waals surface area contributed by atoms with Gasteiger partial charge in [0.2, 0.25) is 17.7 Å². The zero-order valence-electron chi connectivity index (χ0n) is 18.7. The molecule has 174 valence electrons. The van der Waals surface area contributed by atoms with Gasteiger partial charge in [0.15, 0.2) is 0 Å². The molecule has 0 aliphatic carbocycles. The second-order valence-corrected chi connectivity index (χ2v) is 9.07. The standard InChI is InChI=1S/C25H29ClN4O3/c1-18(19-7-3-2-4-8-19)30-16-20(15-24(30)32)25(33)29-13-11-28(12-14-29)17-23(31)27-22-10-6-5-9-21(22)26/h2-10,18,20H,11-17H2,1H3,(H,27,31)/t18-,20-/m0/s1. The molecular weight excluding hydrogens is 440 g/mol. The van der Waals surface area contributed by atoms with Gasteiger partial charge in [0.25, 0.3) is 0 Å². The predicted octanol–water partition coefficient (Wildman–Crippen LogP) is 3.03. The molecule has 2 heterocycles. The maximum atomic E-state index is 13.1. The van der Waals surface area contributed by atoms with Crippen LogP contribution in [0, 0.1) is 5.92 Å². The average molecular weight is 469 g/mol. The van der Waals surface area contributed by atoms with Gasteiger partial charge in [0.1, 0.15) is 0 Å². The molecule has 2 aromatic carbocycles. The van der Waals surface area contributed by atoms with Crippen molar-refractivity contribution in [1.29, 1.82) is 0 Å². The Morgan fingerprint density at radius 3 is 2.39 bits per heavy atom. The fourth-order valence-electron chi connectivity index (χ4n) is 4.52. The number of para-hydroxylation sites is 1. The number of halogens is 1. The molecule has 3 amide bonds. The third kappa shape index (κ3) is 5.54. The number of nitrogens with one attached hydrogen (secondary N) is 1. The summed E-state index contributed by atoms with van der Waals surface area (Å²) < 4.78 is 0. The van der Waals surface area contributed by atoms with Crippen molar-refractivity contribution < 1.29 is 14.4 Å². The minimum atomic E-state index is -0.307. The molecule has 7 nitrogen and oxygen atoms in total. The van der Waals surface area contributed by atoms with Crippen LogP contribution in [0.5, 0.6) is 0 Å². The largest absolute Gasteiger partial charge is 0.340 e. The molecule has 0 radical (unpaired) electrons. The smallest absolute Gasteiger partial charge is 0.238 e. The van der Waals surface area contributed by atoms with Crippen LogP contribution in [0.15, 0.2) is 54.6 Å². The molecule has 0 bridgehead atoms. The fraction of sp³-hybridized carbons (Fsp3) is 0.400. The summed E-state index contributed by atoms with van der Waals surface area (Å²) in [6.45, 7) is 5.05. The van der Waals surface area contributed by atoms with Crippen LogP contribution in [0.3, 0.4) is 0 Å². The number of carbonyl (C=O) groups is 3. The fourth-order valence-corrected chi connectivity index (χ4v) is 4.71. The van der Waals surface area contributed by atoms with E-state index in [1.54, 1.807) is 12.1 Å². The molecule has 0 saturated carbocycles. The maximum Gasteiger partial charge on any atom is 0.238 e. The minimum Gasteiger partial charge on any atom is -0.340 e. The zero-order chi connectivity index (χ0) is 23.4. The maximum absolute atomic E-state index is 13.1. The van der Waals surface area contributed by atoms with Gasteiger partial charge < -0.3 is 15.1 Å². The number of amides is 3. The Hall–Kier alpha value is -2.90. The lowest BCUT2D eigenvalue weighted by Gasteiger charge is -2.35. The summed E-state index contributed by atoms with van der Waals surface area (Å²) in [5.41, 5.74) is 1.67. The molecule has 0 unspecified atom stereocenters. The van der Waals surface area contributed by atoms with Gasteiger partial charge in [0, 0.05) is 39.1 Å². The molecule has 2 aliphatic heterocycles. The Morgan fingerprint density at radius 1 is 1.03 bits per heavy atom. The summed E-state index contributed by atoms with van der Waals surface area (Å²) in [7, 11) is 0. The van der Waals surface area contributed by atoms with E-state index in [-0.39, 0.29) is 42.6 Å². The van der Waals surface area contributed by atoms with Gasteiger partial charge in [-0.25, -0.2) is 0 Å². The first kappa shape index (κ1) is 23.3. The van der Waals surface area contributed by atoms with E-state index in [4.69, 9.17) is 11.6 Å². The minimum absolute atomic E-state index is 0.0274. The number of likely N-dealkylation sites (tertiary alicyclic amines) is 1. The van der Waals surface area contributed by atoms with Crippen LogP contribution in [0.2, 0.25) is 5.02 Å². The van der Waals surface area contributed by atoms with Crippen LogP contribution in [-0.4, -0.2) is 71.7 Å². The molecule has 0 spiro atoms. The summed E-state index contributed by atoms with van der Waals surface area (Å²) in [4.78, 5) is 43.8. The molecule has 2 saturated heterocycles. The first-order valence-corrected chi connectivity index (χ1v) is 11.7. The molecule has 4 rings (SSSR count). The molecular formula is C25H29ClN4O3. The third-order valence-corrected chi connectivity index (χ3v) is 6.79. The summed E-state index contributed by atoms with van der Waals surface area (Å²) in [5.74, 6) is -0.376. The van der Waals surface area contributed by atoms with Crippen LogP contribution in [-0.2, 0) is 14.4 Å². The van der Waals surface area contributed by atoms with Gasteiger partial charge in [-0.3, -0.25) is 19.3 Å². The van der Waals surface area contributed by atoms with Gasteiger partial charge in [-0.2, -0.15) is 0 Å². The third-order valence-electron chi connectivity index (χ3n) is 6.46. The van der Waals surface area contributed by atoms with Crippen molar-refractivity contribution in [2.24, 2.45) is 5.92 Å². The Kier molecular flexibility index (Phi) is 7.30. The van der Waals surface area contributed by atoms with Crippen molar-refractivity contribution in [3.05, 3.63) is 65.2 Å². The zero-order valence-corrected chi connectivity index (χ0v) is 19.5. The molecule has 2 aliphatic rings. The molecule has 0 aromatic heterocycles. The lowest BCUT2D eigenvalue weighted by molar-refractivity contribution is -0.137. The van der Waals surface area contributed by atoms with Crippen molar-refractivity contribution in [3.8, 4) is 0 Å². The number of hydrogen-bond acceptors (Lipinski definition) is 4. The predicted molar refractivity (Wildman–Crippen MR) is 128 cm³/mol.